The number of benzene rings is 1. The fraction of sp³-hybridized carbons (Fsp3) is 0.167. The van der Waals surface area contributed by atoms with Gasteiger partial charge in [-0.1, -0.05) is 5.16 Å². The van der Waals surface area contributed by atoms with E-state index in [1.54, 1.807) is 0 Å². The van der Waals surface area contributed by atoms with Gasteiger partial charge in [0, 0.05) is 11.8 Å². The first-order valence-corrected chi connectivity index (χ1v) is 5.34. The first kappa shape index (κ1) is 9.89. The van der Waals surface area contributed by atoms with Crippen LogP contribution in [0.3, 0.4) is 0 Å². The standard InChI is InChI=1S/C12H12N4O/c1-7-5-8(2)16(14-7)9-3-4-10-11(6-9)17-15-12(10)13/h3-6H,1-2H3,(H2,13,15). The van der Waals surface area contributed by atoms with E-state index >= 15 is 0 Å². The summed E-state index contributed by atoms with van der Waals surface area (Å²) in [6.07, 6.45) is 0. The third kappa shape index (κ3) is 1.47. The summed E-state index contributed by atoms with van der Waals surface area (Å²) in [4.78, 5) is 0. The molecule has 2 N–H and O–H groups in total. The maximum atomic E-state index is 5.67. The number of aromatic nitrogens is 3. The van der Waals surface area contributed by atoms with Gasteiger partial charge < -0.3 is 10.3 Å². The number of hydrogen-bond donors (Lipinski definition) is 1. The molecular formula is C12H12N4O. The third-order valence-corrected chi connectivity index (χ3v) is 2.74. The first-order chi connectivity index (χ1) is 8.15. The van der Waals surface area contributed by atoms with Crippen LogP contribution in [0.15, 0.2) is 28.8 Å². The zero-order chi connectivity index (χ0) is 12.0. The van der Waals surface area contributed by atoms with E-state index in [2.05, 4.69) is 10.3 Å². The van der Waals surface area contributed by atoms with Crippen molar-refractivity contribution in [1.82, 2.24) is 14.9 Å². The van der Waals surface area contributed by atoms with E-state index in [1.165, 1.54) is 0 Å². The molecule has 5 heteroatoms. The van der Waals surface area contributed by atoms with Gasteiger partial charge in [0.15, 0.2) is 11.4 Å². The maximum Gasteiger partial charge on any atom is 0.174 e. The molecule has 86 valence electrons. The summed E-state index contributed by atoms with van der Waals surface area (Å²) >= 11 is 0. The lowest BCUT2D eigenvalue weighted by Gasteiger charge is -2.03. The summed E-state index contributed by atoms with van der Waals surface area (Å²) in [6.45, 7) is 3.98. The second kappa shape index (κ2) is 3.35. The minimum absolute atomic E-state index is 0.417. The molecule has 0 bridgehead atoms. The van der Waals surface area contributed by atoms with Gasteiger partial charge in [0.2, 0.25) is 0 Å². The van der Waals surface area contributed by atoms with Crippen LogP contribution < -0.4 is 5.73 Å². The molecule has 17 heavy (non-hydrogen) atoms. The van der Waals surface area contributed by atoms with Crippen LogP contribution >= 0.6 is 0 Å². The topological polar surface area (TPSA) is 69.9 Å². The molecule has 3 rings (SSSR count). The van der Waals surface area contributed by atoms with Crippen molar-refractivity contribution in [2.75, 3.05) is 5.73 Å². The smallest absolute Gasteiger partial charge is 0.174 e. The highest BCUT2D eigenvalue weighted by Crippen LogP contribution is 2.23. The highest BCUT2D eigenvalue weighted by molar-refractivity contribution is 5.88. The first-order valence-electron chi connectivity index (χ1n) is 5.34. The molecule has 3 aromatic rings. The van der Waals surface area contributed by atoms with Crippen molar-refractivity contribution < 1.29 is 4.52 Å². The summed E-state index contributed by atoms with van der Waals surface area (Å²) in [7, 11) is 0. The number of anilines is 1. The number of nitrogens with two attached hydrogens (primary N) is 1. The number of nitrogens with zero attached hydrogens (tertiary/aromatic N) is 3. The quantitative estimate of drug-likeness (QED) is 0.693. The van der Waals surface area contributed by atoms with E-state index in [4.69, 9.17) is 10.3 Å². The summed E-state index contributed by atoms with van der Waals surface area (Å²) in [5, 5.41) is 8.98. The van der Waals surface area contributed by atoms with E-state index in [0.29, 0.717) is 11.4 Å². The van der Waals surface area contributed by atoms with E-state index in [-0.39, 0.29) is 0 Å². The Hall–Kier alpha value is -2.30. The minimum Gasteiger partial charge on any atom is -0.380 e. The van der Waals surface area contributed by atoms with Crippen LogP contribution in [0.5, 0.6) is 0 Å². The highest BCUT2D eigenvalue weighted by Gasteiger charge is 2.08. The maximum absolute atomic E-state index is 5.67. The van der Waals surface area contributed by atoms with Crippen LogP contribution in [-0.2, 0) is 0 Å². The molecule has 2 aromatic heterocycles. The molecule has 0 fully saturated rings. The Balaban J connectivity index is 2.21. The average molecular weight is 228 g/mol. The fourth-order valence-corrected chi connectivity index (χ4v) is 1.97. The summed E-state index contributed by atoms with van der Waals surface area (Å²) in [6, 6.07) is 7.76. The lowest BCUT2D eigenvalue weighted by atomic mass is 10.2. The lowest BCUT2D eigenvalue weighted by molar-refractivity contribution is 0.460. The van der Waals surface area contributed by atoms with E-state index in [9.17, 15) is 0 Å². The molecule has 1 aromatic carbocycles. The van der Waals surface area contributed by atoms with Crippen molar-refractivity contribution in [2.24, 2.45) is 0 Å². The zero-order valence-corrected chi connectivity index (χ0v) is 9.64. The molecule has 0 spiro atoms. The van der Waals surface area contributed by atoms with Gasteiger partial charge in [0.25, 0.3) is 0 Å². The van der Waals surface area contributed by atoms with Gasteiger partial charge in [-0.05, 0) is 32.0 Å². The zero-order valence-electron chi connectivity index (χ0n) is 9.64. The Bertz CT molecular complexity index is 696. The van der Waals surface area contributed by atoms with Gasteiger partial charge >= 0.3 is 0 Å². The molecular weight excluding hydrogens is 216 g/mol. The Morgan fingerprint density at radius 1 is 1.24 bits per heavy atom. The van der Waals surface area contributed by atoms with Gasteiger partial charge in [0.1, 0.15) is 0 Å². The third-order valence-electron chi connectivity index (χ3n) is 2.74. The van der Waals surface area contributed by atoms with Crippen LogP contribution in [0.2, 0.25) is 0 Å². The molecule has 0 saturated carbocycles. The van der Waals surface area contributed by atoms with Crippen LogP contribution in [0.25, 0.3) is 16.7 Å². The highest BCUT2D eigenvalue weighted by atomic mass is 16.5. The second-order valence-electron chi connectivity index (χ2n) is 4.09. The fourth-order valence-electron chi connectivity index (χ4n) is 1.97. The van der Waals surface area contributed by atoms with E-state index in [0.717, 1.165) is 22.5 Å². The van der Waals surface area contributed by atoms with Crippen molar-refractivity contribution in [3.8, 4) is 5.69 Å². The molecule has 0 amide bonds. The van der Waals surface area contributed by atoms with E-state index in [1.807, 2.05) is 42.8 Å². The molecule has 0 aliphatic rings. The normalized spacial score (nSPS) is 11.2. The minimum atomic E-state index is 0.417. The molecule has 5 nitrogen and oxygen atoms in total. The molecule has 0 aliphatic carbocycles. The van der Waals surface area contributed by atoms with Crippen molar-refractivity contribution in [3.05, 3.63) is 35.7 Å². The number of hydrogen-bond acceptors (Lipinski definition) is 4. The molecule has 0 unspecified atom stereocenters. The second-order valence-corrected chi connectivity index (χ2v) is 4.09. The SMILES string of the molecule is Cc1cc(C)n(-c2ccc3c(N)noc3c2)n1. The Morgan fingerprint density at radius 2 is 2.06 bits per heavy atom. The Morgan fingerprint density at radius 3 is 2.76 bits per heavy atom. The van der Waals surface area contributed by atoms with Crippen LogP contribution in [0.1, 0.15) is 11.4 Å². The number of nitrogen functional groups attached to an aromatic ring is 1. The van der Waals surface area contributed by atoms with Crippen molar-refractivity contribution in [3.63, 3.8) is 0 Å². The van der Waals surface area contributed by atoms with Crippen LogP contribution in [0, 0.1) is 13.8 Å². The molecule has 2 heterocycles. The Labute approximate surface area is 97.8 Å². The van der Waals surface area contributed by atoms with E-state index < -0.39 is 0 Å². The van der Waals surface area contributed by atoms with Crippen molar-refractivity contribution in [2.45, 2.75) is 13.8 Å². The molecule has 0 atom stereocenters. The molecule has 0 aliphatic heterocycles. The van der Waals surface area contributed by atoms with Crippen LogP contribution in [0.4, 0.5) is 5.82 Å². The predicted octanol–water partition coefficient (Wildman–Crippen LogP) is 2.21. The molecule has 0 saturated heterocycles. The summed E-state index contributed by atoms with van der Waals surface area (Å²) in [5.74, 6) is 0.417. The van der Waals surface area contributed by atoms with Gasteiger partial charge in [-0.25, -0.2) is 4.68 Å². The summed E-state index contributed by atoms with van der Waals surface area (Å²) < 4.78 is 7.01. The predicted molar refractivity (Wildman–Crippen MR) is 65.0 cm³/mol. The van der Waals surface area contributed by atoms with Gasteiger partial charge in [-0.3, -0.25) is 0 Å². The monoisotopic (exact) mass is 228 g/mol. The van der Waals surface area contributed by atoms with Crippen LogP contribution in [-0.4, -0.2) is 14.9 Å². The number of rotatable bonds is 1. The summed E-state index contributed by atoms with van der Waals surface area (Å²) in [5.41, 5.74) is 9.35. The van der Waals surface area contributed by atoms with Gasteiger partial charge in [0.05, 0.1) is 16.8 Å². The Kier molecular flexibility index (Phi) is 1.95. The number of fused-ring (bicyclic) bond motifs is 1. The molecule has 0 radical (unpaired) electrons. The van der Waals surface area contributed by atoms with Gasteiger partial charge in [-0.2, -0.15) is 5.10 Å². The van der Waals surface area contributed by atoms with Gasteiger partial charge in [-0.15, -0.1) is 0 Å². The van der Waals surface area contributed by atoms with Crippen molar-refractivity contribution >= 4 is 16.8 Å². The lowest BCUT2D eigenvalue weighted by Crippen LogP contribution is -1.98. The number of aryl methyl sites for hydroxylation is 2. The average Bonchev–Trinajstić information content (AvgIpc) is 2.82. The van der Waals surface area contributed by atoms with Crippen molar-refractivity contribution in [1.29, 1.82) is 0 Å². The largest absolute Gasteiger partial charge is 0.380 e.